The zero-order chi connectivity index (χ0) is 22.4. The van der Waals surface area contributed by atoms with Crippen molar-refractivity contribution in [3.63, 3.8) is 0 Å². The first-order valence-electron chi connectivity index (χ1n) is 11.1. The fourth-order valence-electron chi connectivity index (χ4n) is 5.30. The van der Waals surface area contributed by atoms with Crippen molar-refractivity contribution in [1.82, 2.24) is 25.6 Å². The van der Waals surface area contributed by atoms with E-state index in [2.05, 4.69) is 21.0 Å². The molecule has 0 saturated carbocycles. The molecule has 5 N–H and O–H groups in total. The van der Waals surface area contributed by atoms with Crippen molar-refractivity contribution in [2.45, 2.75) is 43.8 Å². The third-order valence-electron chi connectivity index (χ3n) is 6.80. The summed E-state index contributed by atoms with van der Waals surface area (Å²) in [5.41, 5.74) is 9.59. The first kappa shape index (κ1) is 21.4. The number of rotatable bonds is 3. The Morgan fingerprint density at radius 3 is 2.97 bits per heavy atom. The number of pyridine rings is 1. The molecule has 10 nitrogen and oxygen atoms in total. The number of alkyl halides is 1. The number of nitrogens with two attached hydrogens (primary N) is 1. The maximum Gasteiger partial charge on any atom is 0.233 e. The molecule has 4 aliphatic rings. The van der Waals surface area contributed by atoms with E-state index in [4.69, 9.17) is 5.73 Å². The number of hydrogen-bond acceptors (Lipinski definition) is 8. The smallest absolute Gasteiger partial charge is 0.233 e. The Morgan fingerprint density at radius 1 is 1.28 bits per heavy atom. The van der Waals surface area contributed by atoms with Crippen LogP contribution in [0.5, 0.6) is 0 Å². The van der Waals surface area contributed by atoms with Crippen LogP contribution < -0.4 is 26.7 Å². The number of carbonyl (C=O) groups is 2. The predicted octanol–water partition coefficient (Wildman–Crippen LogP) is -0.651. The summed E-state index contributed by atoms with van der Waals surface area (Å²) in [6, 6.07) is 0.0298. The van der Waals surface area contributed by atoms with E-state index in [-0.39, 0.29) is 36.4 Å². The second-order valence-electron chi connectivity index (χ2n) is 8.87. The Balaban J connectivity index is 1.35. The van der Waals surface area contributed by atoms with Crippen LogP contribution in [0.15, 0.2) is 12.4 Å². The second-order valence-corrected chi connectivity index (χ2v) is 8.87. The molecule has 0 radical (unpaired) electrons. The lowest BCUT2D eigenvalue weighted by Crippen LogP contribution is -2.58. The first-order chi connectivity index (χ1) is 15.4. The summed E-state index contributed by atoms with van der Waals surface area (Å²) in [6.07, 6.45) is 2.58. The monoisotopic (exact) mass is 450 g/mol. The van der Waals surface area contributed by atoms with E-state index < -0.39 is 36.1 Å². The molecule has 2 amide bonds. The molecule has 12 heteroatoms. The number of aromatic nitrogens is 1. The van der Waals surface area contributed by atoms with Crippen LogP contribution in [0.3, 0.4) is 0 Å². The lowest BCUT2D eigenvalue weighted by atomic mass is 9.98. The van der Waals surface area contributed by atoms with Gasteiger partial charge in [-0.05, 0) is 12.8 Å². The van der Waals surface area contributed by atoms with Crippen molar-refractivity contribution < 1.29 is 18.4 Å². The summed E-state index contributed by atoms with van der Waals surface area (Å²) in [6.45, 7) is 1.74. The number of amides is 2. The Morgan fingerprint density at radius 2 is 2.12 bits per heavy atom. The fraction of sp³-hybridized carbons (Fsp3) is 0.650. The molecule has 5 rings (SSSR count). The molecular weight excluding hydrogens is 422 g/mol. The molecule has 4 aliphatic heterocycles. The summed E-state index contributed by atoms with van der Waals surface area (Å²) in [5, 5.41) is 7.42. The van der Waals surface area contributed by atoms with Gasteiger partial charge in [0.1, 0.15) is 11.9 Å². The lowest BCUT2D eigenvalue weighted by Gasteiger charge is -2.45. The molecule has 0 aromatic carbocycles. The fourth-order valence-corrected chi connectivity index (χ4v) is 5.30. The molecule has 5 heterocycles. The highest BCUT2D eigenvalue weighted by Crippen LogP contribution is 2.33. The third kappa shape index (κ3) is 3.81. The predicted molar refractivity (Wildman–Crippen MR) is 112 cm³/mol. The van der Waals surface area contributed by atoms with Crippen LogP contribution in [-0.4, -0.2) is 84.0 Å². The van der Waals surface area contributed by atoms with Gasteiger partial charge in [-0.3, -0.25) is 19.9 Å². The summed E-state index contributed by atoms with van der Waals surface area (Å²) in [5.74, 6) is -1.49. The zero-order valence-corrected chi connectivity index (χ0v) is 17.6. The van der Waals surface area contributed by atoms with Crippen molar-refractivity contribution >= 4 is 23.2 Å². The standard InChI is InChI=1S/C20H28F2N8O2/c21-11-6-25-19-16(18(23)27-30(19)9-11)20(32)26-14-8-24-7-13(22)17(14)28-4-5-29-12(10-28)2-1-3-15(29)31/h7-8,11-12,16,18-19,25,27H,1-6,9-10,23H2,(H,26,32)/t11?,12-,16?,18?,19?/m1/s1. The Kier molecular flexibility index (Phi) is 5.70. The highest BCUT2D eigenvalue weighted by Gasteiger charge is 2.47. The van der Waals surface area contributed by atoms with E-state index in [9.17, 15) is 18.4 Å². The number of nitrogens with one attached hydrogen (secondary N) is 3. The number of piperazine rings is 1. The number of fused-ring (bicyclic) bond motifs is 2. The summed E-state index contributed by atoms with van der Waals surface area (Å²) in [7, 11) is 0. The summed E-state index contributed by atoms with van der Waals surface area (Å²) >= 11 is 0. The van der Waals surface area contributed by atoms with Crippen LogP contribution in [0.1, 0.15) is 19.3 Å². The zero-order valence-electron chi connectivity index (χ0n) is 17.6. The minimum absolute atomic E-state index is 0.0298. The molecular formula is C20H28F2N8O2. The van der Waals surface area contributed by atoms with Gasteiger partial charge in [-0.25, -0.2) is 19.2 Å². The van der Waals surface area contributed by atoms with Crippen molar-refractivity contribution in [3.8, 4) is 0 Å². The largest absolute Gasteiger partial charge is 0.364 e. The molecule has 0 bridgehead atoms. The Bertz CT molecular complexity index is 904. The van der Waals surface area contributed by atoms with Crippen LogP contribution in [0.25, 0.3) is 0 Å². The van der Waals surface area contributed by atoms with E-state index in [0.29, 0.717) is 26.1 Å². The molecule has 4 saturated heterocycles. The third-order valence-corrected chi connectivity index (χ3v) is 6.80. The SMILES string of the molecule is NC1NN2CC(F)CNC2C1C(=O)Nc1cncc(F)c1N1CCN2C(=O)CCC[C@@H]2C1. The van der Waals surface area contributed by atoms with Crippen LogP contribution >= 0.6 is 0 Å². The highest BCUT2D eigenvalue weighted by molar-refractivity contribution is 5.96. The summed E-state index contributed by atoms with van der Waals surface area (Å²) in [4.78, 5) is 33.0. The maximum absolute atomic E-state index is 14.9. The highest BCUT2D eigenvalue weighted by atomic mass is 19.1. The average Bonchev–Trinajstić information content (AvgIpc) is 3.08. The molecule has 1 aromatic rings. The van der Waals surface area contributed by atoms with Gasteiger partial charge >= 0.3 is 0 Å². The molecule has 174 valence electrons. The Labute approximate surface area is 184 Å². The average molecular weight is 450 g/mol. The molecule has 4 fully saturated rings. The molecule has 0 aliphatic carbocycles. The Hall–Kier alpha value is -2.41. The van der Waals surface area contributed by atoms with Crippen LogP contribution in [0.4, 0.5) is 20.2 Å². The van der Waals surface area contributed by atoms with Gasteiger partial charge in [-0.1, -0.05) is 0 Å². The normalized spacial score (nSPS) is 33.1. The van der Waals surface area contributed by atoms with E-state index in [0.717, 1.165) is 19.0 Å². The van der Waals surface area contributed by atoms with E-state index >= 15 is 0 Å². The number of piperidine rings is 1. The minimum atomic E-state index is -1.06. The molecule has 4 unspecified atom stereocenters. The molecule has 1 aromatic heterocycles. The van der Waals surface area contributed by atoms with Crippen LogP contribution in [-0.2, 0) is 9.59 Å². The first-order valence-corrected chi connectivity index (χ1v) is 11.1. The topological polar surface area (TPSA) is 119 Å². The minimum Gasteiger partial charge on any atom is -0.364 e. The second kappa shape index (κ2) is 8.50. The van der Waals surface area contributed by atoms with Gasteiger partial charge in [0.2, 0.25) is 11.8 Å². The van der Waals surface area contributed by atoms with Crippen molar-refractivity contribution in [2.75, 3.05) is 42.9 Å². The van der Waals surface area contributed by atoms with Crippen LogP contribution in [0.2, 0.25) is 0 Å². The molecule has 5 atom stereocenters. The van der Waals surface area contributed by atoms with Gasteiger partial charge in [0.15, 0.2) is 5.82 Å². The van der Waals surface area contributed by atoms with Gasteiger partial charge in [0.05, 0.1) is 36.3 Å². The van der Waals surface area contributed by atoms with Gasteiger partial charge in [0, 0.05) is 45.2 Å². The lowest BCUT2D eigenvalue weighted by molar-refractivity contribution is -0.136. The number of halogens is 2. The number of anilines is 2. The van der Waals surface area contributed by atoms with E-state index in [1.165, 1.54) is 6.20 Å². The van der Waals surface area contributed by atoms with E-state index in [1.54, 1.807) is 5.01 Å². The van der Waals surface area contributed by atoms with Gasteiger partial charge < -0.3 is 20.9 Å². The quantitative estimate of drug-likeness (QED) is 0.480. The maximum atomic E-state index is 14.9. The van der Waals surface area contributed by atoms with Crippen molar-refractivity contribution in [1.29, 1.82) is 0 Å². The van der Waals surface area contributed by atoms with E-state index in [1.807, 2.05) is 9.80 Å². The number of hydrogen-bond donors (Lipinski definition) is 4. The summed E-state index contributed by atoms with van der Waals surface area (Å²) < 4.78 is 28.6. The number of nitrogens with zero attached hydrogens (tertiary/aromatic N) is 4. The number of carbonyl (C=O) groups excluding carboxylic acids is 2. The molecule has 0 spiro atoms. The van der Waals surface area contributed by atoms with Crippen LogP contribution in [0, 0.1) is 11.7 Å². The van der Waals surface area contributed by atoms with Gasteiger partial charge in [-0.2, -0.15) is 0 Å². The molecule has 32 heavy (non-hydrogen) atoms. The van der Waals surface area contributed by atoms with Gasteiger partial charge in [0.25, 0.3) is 0 Å². The van der Waals surface area contributed by atoms with Gasteiger partial charge in [-0.15, -0.1) is 0 Å². The van der Waals surface area contributed by atoms with Crippen molar-refractivity contribution in [3.05, 3.63) is 18.2 Å². The number of hydrazine groups is 1. The van der Waals surface area contributed by atoms with Crippen molar-refractivity contribution in [2.24, 2.45) is 11.7 Å².